The number of hydrogen-bond donors (Lipinski definition) is 1. The van der Waals surface area contributed by atoms with Gasteiger partial charge in [-0.15, -0.1) is 0 Å². The van der Waals surface area contributed by atoms with Crippen molar-refractivity contribution in [1.82, 2.24) is 5.32 Å². The van der Waals surface area contributed by atoms with Crippen LogP contribution in [0.4, 0.5) is 17.6 Å². The summed E-state index contributed by atoms with van der Waals surface area (Å²) in [5.41, 5.74) is 0. The van der Waals surface area contributed by atoms with Crippen molar-refractivity contribution in [2.45, 2.75) is 25.3 Å². The first kappa shape index (κ1) is 9.68. The highest BCUT2D eigenvalue weighted by molar-refractivity contribution is 4.79. The molecule has 1 nitrogen and oxygen atoms in total. The molecule has 0 amide bonds. The normalized spacial score (nSPS) is 13.8. The van der Waals surface area contributed by atoms with Gasteiger partial charge in [0, 0.05) is 6.42 Å². The van der Waals surface area contributed by atoms with Gasteiger partial charge in [0.1, 0.15) is 0 Å². The molecule has 0 aliphatic carbocycles. The van der Waals surface area contributed by atoms with Gasteiger partial charge in [-0.05, 0) is 7.05 Å². The minimum atomic E-state index is -4.10. The SMILES string of the molecule is CCC(F)(F)C(F)(F)NC. The van der Waals surface area contributed by atoms with Crippen molar-refractivity contribution in [3.05, 3.63) is 0 Å². The molecule has 62 valence electrons. The van der Waals surface area contributed by atoms with Crippen LogP contribution in [0, 0.1) is 0 Å². The van der Waals surface area contributed by atoms with Crippen molar-refractivity contribution in [3.63, 3.8) is 0 Å². The van der Waals surface area contributed by atoms with E-state index in [1.165, 1.54) is 5.32 Å². The molecule has 0 saturated carbocycles. The molecule has 0 aromatic heterocycles. The third-order valence-electron chi connectivity index (χ3n) is 1.22. The van der Waals surface area contributed by atoms with Gasteiger partial charge < -0.3 is 0 Å². The number of hydrogen-bond acceptors (Lipinski definition) is 1. The first-order chi connectivity index (χ1) is 4.37. The molecule has 0 aromatic carbocycles. The summed E-state index contributed by atoms with van der Waals surface area (Å²) >= 11 is 0. The van der Waals surface area contributed by atoms with Gasteiger partial charge in [-0.25, -0.2) is 0 Å². The maximum atomic E-state index is 12.1. The molecule has 0 bridgehead atoms. The molecule has 5 heteroatoms. The smallest absolute Gasteiger partial charge is 0.256 e. The first-order valence-corrected chi connectivity index (χ1v) is 2.82. The minimum absolute atomic E-state index is 0.795. The van der Waals surface area contributed by atoms with Crippen LogP contribution >= 0.6 is 0 Å². The van der Waals surface area contributed by atoms with Gasteiger partial charge in [0.05, 0.1) is 0 Å². The maximum absolute atomic E-state index is 12.1. The molecule has 1 N–H and O–H groups in total. The fourth-order valence-electron chi connectivity index (χ4n) is 0.405. The van der Waals surface area contributed by atoms with Crippen molar-refractivity contribution in [2.24, 2.45) is 0 Å². The lowest BCUT2D eigenvalue weighted by Crippen LogP contribution is -2.49. The first-order valence-electron chi connectivity index (χ1n) is 2.82. The predicted octanol–water partition coefficient (Wildman–Crippen LogP) is 1.84. The van der Waals surface area contributed by atoms with E-state index in [1.54, 1.807) is 0 Å². The van der Waals surface area contributed by atoms with Crippen LogP contribution in [0.2, 0.25) is 0 Å². The summed E-state index contributed by atoms with van der Waals surface area (Å²) in [5.74, 6) is -3.96. The largest absolute Gasteiger partial charge is 0.365 e. The highest BCUT2D eigenvalue weighted by atomic mass is 19.3. The fourth-order valence-corrected chi connectivity index (χ4v) is 0.405. The third kappa shape index (κ3) is 1.59. The van der Waals surface area contributed by atoms with Crippen LogP contribution < -0.4 is 5.32 Å². The van der Waals surface area contributed by atoms with Crippen LogP contribution in [-0.2, 0) is 0 Å². The average molecular weight is 159 g/mol. The van der Waals surface area contributed by atoms with Crippen LogP contribution in [0.3, 0.4) is 0 Å². The van der Waals surface area contributed by atoms with Crippen LogP contribution in [0.5, 0.6) is 0 Å². The Kier molecular flexibility index (Phi) is 2.65. The van der Waals surface area contributed by atoms with Crippen LogP contribution in [0.15, 0.2) is 0 Å². The quantitative estimate of drug-likeness (QED) is 0.489. The molecule has 0 spiro atoms. The van der Waals surface area contributed by atoms with E-state index in [2.05, 4.69) is 0 Å². The predicted molar refractivity (Wildman–Crippen MR) is 29.2 cm³/mol. The summed E-state index contributed by atoms with van der Waals surface area (Å²) in [5, 5.41) is 1.25. The lowest BCUT2D eigenvalue weighted by atomic mass is 10.2. The summed E-state index contributed by atoms with van der Waals surface area (Å²) in [4.78, 5) is 0. The van der Waals surface area contributed by atoms with E-state index < -0.39 is 18.4 Å². The maximum Gasteiger partial charge on any atom is 0.365 e. The molecule has 0 atom stereocenters. The molecule has 0 aliphatic rings. The molecule has 0 unspecified atom stereocenters. The van der Waals surface area contributed by atoms with E-state index in [0.717, 1.165) is 14.0 Å². The van der Waals surface area contributed by atoms with Gasteiger partial charge in [0.15, 0.2) is 0 Å². The molecular formula is C5H9F4N. The van der Waals surface area contributed by atoms with Crippen molar-refractivity contribution in [1.29, 1.82) is 0 Å². The summed E-state index contributed by atoms with van der Waals surface area (Å²) in [7, 11) is 0.795. The zero-order chi connectivity index (χ0) is 8.41. The van der Waals surface area contributed by atoms with Crippen molar-refractivity contribution in [3.8, 4) is 0 Å². The highest BCUT2D eigenvalue weighted by Crippen LogP contribution is 2.33. The summed E-state index contributed by atoms with van der Waals surface area (Å²) in [6, 6.07) is -4.10. The lowest BCUT2D eigenvalue weighted by molar-refractivity contribution is -0.223. The van der Waals surface area contributed by atoms with Gasteiger partial charge >= 0.3 is 12.0 Å². The van der Waals surface area contributed by atoms with E-state index in [9.17, 15) is 17.6 Å². The van der Waals surface area contributed by atoms with Crippen LogP contribution in [-0.4, -0.2) is 19.0 Å². The monoisotopic (exact) mass is 159 g/mol. The van der Waals surface area contributed by atoms with Gasteiger partial charge in [-0.2, -0.15) is 17.6 Å². The Bertz CT molecular complexity index is 98.2. The van der Waals surface area contributed by atoms with E-state index in [1.807, 2.05) is 0 Å². The second-order valence-electron chi connectivity index (χ2n) is 1.88. The Hall–Kier alpha value is -0.320. The Morgan fingerprint density at radius 3 is 1.70 bits per heavy atom. The Morgan fingerprint density at radius 2 is 1.60 bits per heavy atom. The van der Waals surface area contributed by atoms with E-state index in [4.69, 9.17) is 0 Å². The highest BCUT2D eigenvalue weighted by Gasteiger charge is 2.53. The molecule has 10 heavy (non-hydrogen) atoms. The number of alkyl halides is 4. The van der Waals surface area contributed by atoms with Gasteiger partial charge in [0.2, 0.25) is 0 Å². The number of nitrogens with one attached hydrogen (secondary N) is 1. The molecular weight excluding hydrogens is 150 g/mol. The van der Waals surface area contributed by atoms with Crippen molar-refractivity contribution < 1.29 is 17.6 Å². The lowest BCUT2D eigenvalue weighted by Gasteiger charge is -2.24. The number of halogens is 4. The van der Waals surface area contributed by atoms with Gasteiger partial charge in [0.25, 0.3) is 0 Å². The van der Waals surface area contributed by atoms with Crippen molar-refractivity contribution in [2.75, 3.05) is 7.05 Å². The number of rotatable bonds is 3. The second-order valence-corrected chi connectivity index (χ2v) is 1.88. The average Bonchev–Trinajstić information content (AvgIpc) is 1.88. The molecule has 0 radical (unpaired) electrons. The van der Waals surface area contributed by atoms with Crippen molar-refractivity contribution >= 4 is 0 Å². The standard InChI is InChI=1S/C5H9F4N/c1-3-4(6,7)5(8,9)10-2/h10H,3H2,1-2H3. The van der Waals surface area contributed by atoms with E-state index in [0.29, 0.717) is 0 Å². The zero-order valence-electron chi connectivity index (χ0n) is 5.72. The van der Waals surface area contributed by atoms with Crippen LogP contribution in [0.25, 0.3) is 0 Å². The van der Waals surface area contributed by atoms with Crippen LogP contribution in [0.1, 0.15) is 13.3 Å². The Labute approximate surface area is 56.4 Å². The summed E-state index contributed by atoms with van der Waals surface area (Å²) in [6.45, 7) is 1.01. The molecule has 0 fully saturated rings. The Morgan fingerprint density at radius 1 is 1.20 bits per heavy atom. The zero-order valence-corrected chi connectivity index (χ0v) is 5.72. The minimum Gasteiger partial charge on any atom is -0.256 e. The molecule has 0 rings (SSSR count). The fraction of sp³-hybridized carbons (Fsp3) is 1.00. The second kappa shape index (κ2) is 2.74. The summed E-state index contributed by atoms with van der Waals surface area (Å²) < 4.78 is 48.4. The topological polar surface area (TPSA) is 12.0 Å². The van der Waals surface area contributed by atoms with E-state index >= 15 is 0 Å². The Balaban J connectivity index is 4.28. The summed E-state index contributed by atoms with van der Waals surface area (Å²) in [6.07, 6.45) is -0.874. The van der Waals surface area contributed by atoms with Gasteiger partial charge in [-0.3, -0.25) is 5.32 Å². The molecule has 0 saturated heterocycles. The molecule has 0 aromatic rings. The van der Waals surface area contributed by atoms with Gasteiger partial charge in [-0.1, -0.05) is 6.92 Å². The third-order valence-corrected chi connectivity index (χ3v) is 1.22. The molecule has 0 aliphatic heterocycles. The van der Waals surface area contributed by atoms with E-state index in [-0.39, 0.29) is 0 Å². The molecule has 0 heterocycles.